The number of pyridine rings is 1. The van der Waals surface area contributed by atoms with Gasteiger partial charge in [0.05, 0.1) is 12.3 Å². The number of aliphatic imine (C=N–C) groups is 1. The summed E-state index contributed by atoms with van der Waals surface area (Å²) < 4.78 is 5.49. The monoisotopic (exact) mass is 312 g/mol. The van der Waals surface area contributed by atoms with Crippen LogP contribution in [0.25, 0.3) is 0 Å². The van der Waals surface area contributed by atoms with Crippen LogP contribution < -0.4 is 10.1 Å². The summed E-state index contributed by atoms with van der Waals surface area (Å²) in [6, 6.07) is 3.73. The molecule has 0 atom stereocenters. The van der Waals surface area contributed by atoms with Gasteiger partial charge < -0.3 is 20.2 Å². The molecule has 0 aromatic carbocycles. The Bertz CT molecular complexity index is 482. The zero-order valence-corrected chi connectivity index (χ0v) is 13.1. The fraction of sp³-hybridized carbons (Fsp3) is 0.538. The summed E-state index contributed by atoms with van der Waals surface area (Å²) in [6.45, 7) is 3.12. The fourth-order valence-electron chi connectivity index (χ4n) is 1.56. The molecule has 1 heterocycles. The number of ether oxygens (including phenoxy) is 1. The standard InChI is InChI=1S/C13H20N4O3S/c1-3-20-12-5-4-6-15-11(12)10-21-8-7-16-13(9-14-2)17(18)19/h4-6,14H,3,7-10H2,1-2H3. The predicted molar refractivity (Wildman–Crippen MR) is 84.8 cm³/mol. The third-order valence-corrected chi connectivity index (χ3v) is 3.41. The maximum atomic E-state index is 10.7. The van der Waals surface area contributed by atoms with Gasteiger partial charge in [-0.1, -0.05) is 4.99 Å². The van der Waals surface area contributed by atoms with Gasteiger partial charge in [-0.15, -0.1) is 0 Å². The largest absolute Gasteiger partial charge is 0.492 e. The molecule has 0 radical (unpaired) electrons. The Morgan fingerprint density at radius 3 is 3.10 bits per heavy atom. The molecule has 116 valence electrons. The molecule has 1 aromatic heterocycles. The number of hydrogen-bond acceptors (Lipinski definition) is 7. The van der Waals surface area contributed by atoms with Gasteiger partial charge in [0, 0.05) is 17.7 Å². The lowest BCUT2D eigenvalue weighted by molar-refractivity contribution is -0.352. The minimum atomic E-state index is -0.451. The summed E-state index contributed by atoms with van der Waals surface area (Å²) in [5.74, 6) is 2.15. The van der Waals surface area contributed by atoms with Gasteiger partial charge in [-0.2, -0.15) is 11.8 Å². The van der Waals surface area contributed by atoms with Crippen LogP contribution in [0.3, 0.4) is 0 Å². The van der Waals surface area contributed by atoms with E-state index in [9.17, 15) is 10.1 Å². The molecule has 1 rings (SSSR count). The van der Waals surface area contributed by atoms with Gasteiger partial charge in [0.25, 0.3) is 0 Å². The topological polar surface area (TPSA) is 89.7 Å². The van der Waals surface area contributed by atoms with E-state index in [1.807, 2.05) is 19.1 Å². The summed E-state index contributed by atoms with van der Waals surface area (Å²) in [4.78, 5) is 18.5. The van der Waals surface area contributed by atoms with Crippen LogP contribution in [0.4, 0.5) is 0 Å². The highest BCUT2D eigenvalue weighted by Crippen LogP contribution is 2.20. The van der Waals surface area contributed by atoms with Crippen molar-refractivity contribution in [2.75, 3.05) is 32.5 Å². The molecule has 0 bridgehead atoms. The Kier molecular flexibility index (Phi) is 8.37. The fourth-order valence-corrected chi connectivity index (χ4v) is 2.34. The number of nitro groups is 1. The van der Waals surface area contributed by atoms with Crippen molar-refractivity contribution in [3.8, 4) is 5.75 Å². The van der Waals surface area contributed by atoms with E-state index in [4.69, 9.17) is 4.74 Å². The molecule has 0 saturated heterocycles. The zero-order chi connectivity index (χ0) is 15.5. The molecule has 7 nitrogen and oxygen atoms in total. The Labute approximate surface area is 128 Å². The SMILES string of the molecule is CCOc1cccnc1CSCCN=C(CNC)[N+](=O)[O-]. The highest BCUT2D eigenvalue weighted by molar-refractivity contribution is 7.98. The molecule has 0 saturated carbocycles. The Morgan fingerprint density at radius 2 is 2.43 bits per heavy atom. The molecule has 0 amide bonds. The lowest BCUT2D eigenvalue weighted by Crippen LogP contribution is -2.26. The normalized spacial score (nSPS) is 11.4. The van der Waals surface area contributed by atoms with E-state index in [0.29, 0.717) is 24.7 Å². The van der Waals surface area contributed by atoms with Crippen LogP contribution in [0, 0.1) is 10.1 Å². The molecule has 1 aromatic rings. The van der Waals surface area contributed by atoms with Gasteiger partial charge in [0.15, 0.2) is 0 Å². The molecule has 0 fully saturated rings. The number of rotatable bonds is 9. The third-order valence-electron chi connectivity index (χ3n) is 2.46. The second-order valence-electron chi connectivity index (χ2n) is 4.02. The summed E-state index contributed by atoms with van der Waals surface area (Å²) in [5, 5.41) is 13.4. The van der Waals surface area contributed by atoms with Crippen LogP contribution in [0.5, 0.6) is 5.75 Å². The quantitative estimate of drug-likeness (QED) is 0.245. The van der Waals surface area contributed by atoms with E-state index in [1.165, 1.54) is 0 Å². The van der Waals surface area contributed by atoms with Gasteiger partial charge in [-0.3, -0.25) is 4.98 Å². The second kappa shape index (κ2) is 10.1. The van der Waals surface area contributed by atoms with E-state index in [-0.39, 0.29) is 12.4 Å². The van der Waals surface area contributed by atoms with E-state index >= 15 is 0 Å². The summed E-state index contributed by atoms with van der Waals surface area (Å²) in [6.07, 6.45) is 1.73. The number of amidine groups is 1. The Balaban J connectivity index is 2.40. The second-order valence-corrected chi connectivity index (χ2v) is 5.12. The molecule has 0 aliphatic rings. The van der Waals surface area contributed by atoms with Gasteiger partial charge in [0.2, 0.25) is 0 Å². The maximum absolute atomic E-state index is 10.7. The molecule has 1 N–H and O–H groups in total. The molecule has 0 aliphatic carbocycles. The molecular formula is C13H20N4O3S. The van der Waals surface area contributed by atoms with Crippen molar-refractivity contribution in [3.63, 3.8) is 0 Å². The first-order chi connectivity index (χ1) is 10.2. The predicted octanol–water partition coefficient (Wildman–Crippen LogP) is 1.61. The molecule has 0 unspecified atom stereocenters. The maximum Gasteiger partial charge on any atom is 0.347 e. The Hall–Kier alpha value is -1.67. The lowest BCUT2D eigenvalue weighted by Gasteiger charge is -2.07. The van der Waals surface area contributed by atoms with Crippen LogP contribution in [0.2, 0.25) is 0 Å². The number of nitrogens with one attached hydrogen (secondary N) is 1. The first-order valence-electron chi connectivity index (χ1n) is 6.65. The molecule has 0 spiro atoms. The summed E-state index contributed by atoms with van der Waals surface area (Å²) in [7, 11) is 1.66. The average molecular weight is 312 g/mol. The molecular weight excluding hydrogens is 292 g/mol. The van der Waals surface area contributed by atoms with Crippen LogP contribution in [0.1, 0.15) is 12.6 Å². The van der Waals surface area contributed by atoms with E-state index in [1.54, 1.807) is 25.0 Å². The first-order valence-corrected chi connectivity index (χ1v) is 7.81. The van der Waals surface area contributed by atoms with Crippen LogP contribution in [0.15, 0.2) is 23.3 Å². The Morgan fingerprint density at radius 1 is 1.62 bits per heavy atom. The zero-order valence-electron chi connectivity index (χ0n) is 12.2. The van der Waals surface area contributed by atoms with E-state index in [0.717, 1.165) is 11.4 Å². The van der Waals surface area contributed by atoms with Crippen molar-refractivity contribution in [2.24, 2.45) is 4.99 Å². The van der Waals surface area contributed by atoms with Crippen molar-refractivity contribution >= 4 is 17.6 Å². The van der Waals surface area contributed by atoms with Gasteiger partial charge in [-0.05, 0) is 31.0 Å². The smallest absolute Gasteiger partial charge is 0.347 e. The number of thioether (sulfide) groups is 1. The van der Waals surface area contributed by atoms with Crippen molar-refractivity contribution in [2.45, 2.75) is 12.7 Å². The highest BCUT2D eigenvalue weighted by Gasteiger charge is 2.10. The number of likely N-dealkylation sites (N-methyl/N-ethyl adjacent to an activating group) is 1. The van der Waals surface area contributed by atoms with Gasteiger partial charge >= 0.3 is 5.84 Å². The first kappa shape index (κ1) is 17.4. The van der Waals surface area contributed by atoms with Gasteiger partial charge in [-0.25, -0.2) is 0 Å². The number of hydrogen-bond donors (Lipinski definition) is 1. The molecule has 21 heavy (non-hydrogen) atoms. The van der Waals surface area contributed by atoms with E-state index < -0.39 is 4.92 Å². The number of aromatic nitrogens is 1. The highest BCUT2D eigenvalue weighted by atomic mass is 32.2. The van der Waals surface area contributed by atoms with Crippen LogP contribution in [-0.4, -0.2) is 48.2 Å². The van der Waals surface area contributed by atoms with Crippen LogP contribution in [-0.2, 0) is 5.75 Å². The number of nitrogens with zero attached hydrogens (tertiary/aromatic N) is 3. The van der Waals surface area contributed by atoms with Crippen molar-refractivity contribution in [1.29, 1.82) is 0 Å². The minimum absolute atomic E-state index is 0.0362. The van der Waals surface area contributed by atoms with Crippen LogP contribution >= 0.6 is 11.8 Å². The molecule has 0 aliphatic heterocycles. The van der Waals surface area contributed by atoms with Crippen molar-refractivity contribution < 1.29 is 9.66 Å². The summed E-state index contributed by atoms with van der Waals surface area (Å²) >= 11 is 1.63. The molecule has 8 heteroatoms. The lowest BCUT2D eigenvalue weighted by atomic mass is 10.3. The van der Waals surface area contributed by atoms with Crippen molar-refractivity contribution in [3.05, 3.63) is 34.1 Å². The summed E-state index contributed by atoms with van der Waals surface area (Å²) in [5.41, 5.74) is 0.887. The minimum Gasteiger partial charge on any atom is -0.492 e. The van der Waals surface area contributed by atoms with Crippen molar-refractivity contribution in [1.82, 2.24) is 10.3 Å². The van der Waals surface area contributed by atoms with Gasteiger partial charge in [0.1, 0.15) is 18.8 Å². The third kappa shape index (κ3) is 6.54. The van der Waals surface area contributed by atoms with E-state index in [2.05, 4.69) is 15.3 Å². The average Bonchev–Trinajstić information content (AvgIpc) is 2.47.